The highest BCUT2D eigenvalue weighted by molar-refractivity contribution is 7.91. The first kappa shape index (κ1) is 19.7. The summed E-state index contributed by atoms with van der Waals surface area (Å²) in [6.07, 6.45) is 2.23. The van der Waals surface area contributed by atoms with Gasteiger partial charge in [-0.15, -0.1) is 0 Å². The Morgan fingerprint density at radius 1 is 1.11 bits per heavy atom. The zero-order chi connectivity index (χ0) is 20.2. The quantitative estimate of drug-likeness (QED) is 0.800. The number of nitrogens with one attached hydrogen (secondary N) is 1. The Balaban J connectivity index is 1.36. The second-order valence-electron chi connectivity index (χ2n) is 8.66. The van der Waals surface area contributed by atoms with Crippen molar-refractivity contribution >= 4 is 15.7 Å². The van der Waals surface area contributed by atoms with Gasteiger partial charge in [-0.3, -0.25) is 4.79 Å². The standard InChI is InChI=1S/C19H23F3N2O3S/c20-19(21,22)15-1-2-16(24-11-15)28(26,27)4-3-23-17(25)18-8-12-5-13(9-18)7-14(6-12)10-18/h1-2,11-14H,3-10H2,(H,23,25). The fourth-order valence-electron chi connectivity index (χ4n) is 5.71. The zero-order valence-electron chi connectivity index (χ0n) is 15.3. The lowest BCUT2D eigenvalue weighted by Crippen LogP contribution is -2.54. The summed E-state index contributed by atoms with van der Waals surface area (Å²) >= 11 is 0. The van der Waals surface area contributed by atoms with Gasteiger partial charge in [-0.05, 0) is 68.4 Å². The molecule has 1 aromatic heterocycles. The van der Waals surface area contributed by atoms with Gasteiger partial charge in [0.05, 0.1) is 11.3 Å². The second kappa shape index (κ2) is 6.71. The molecule has 4 bridgehead atoms. The van der Waals surface area contributed by atoms with Crippen LogP contribution in [0.5, 0.6) is 0 Å². The van der Waals surface area contributed by atoms with Crippen molar-refractivity contribution in [3.8, 4) is 0 Å². The molecule has 4 saturated carbocycles. The summed E-state index contributed by atoms with van der Waals surface area (Å²) in [6.45, 7) is -0.0639. The van der Waals surface area contributed by atoms with E-state index < -0.39 is 26.6 Å². The van der Waals surface area contributed by atoms with Crippen molar-refractivity contribution in [2.24, 2.45) is 23.2 Å². The van der Waals surface area contributed by atoms with E-state index in [2.05, 4.69) is 10.3 Å². The van der Waals surface area contributed by atoms with Crippen molar-refractivity contribution in [2.75, 3.05) is 12.3 Å². The molecule has 0 spiro atoms. The molecular formula is C19H23F3N2O3S. The molecule has 28 heavy (non-hydrogen) atoms. The first-order chi connectivity index (χ1) is 13.1. The van der Waals surface area contributed by atoms with Crippen LogP contribution in [0, 0.1) is 23.2 Å². The molecule has 0 unspecified atom stereocenters. The van der Waals surface area contributed by atoms with Gasteiger partial charge in [0, 0.05) is 18.2 Å². The summed E-state index contributed by atoms with van der Waals surface area (Å²) in [5.41, 5.74) is -1.35. The highest BCUT2D eigenvalue weighted by Crippen LogP contribution is 2.60. The fourth-order valence-corrected chi connectivity index (χ4v) is 6.78. The number of alkyl halides is 3. The third kappa shape index (κ3) is 3.65. The number of halogens is 3. The van der Waals surface area contributed by atoms with Gasteiger partial charge in [0.1, 0.15) is 0 Å². The molecule has 4 aliphatic rings. The minimum absolute atomic E-state index is 0.0639. The third-order valence-corrected chi connectivity index (χ3v) is 8.18. The predicted octanol–water partition coefficient (Wildman–Crippen LogP) is 3.21. The minimum Gasteiger partial charge on any atom is -0.355 e. The summed E-state index contributed by atoms with van der Waals surface area (Å²) in [4.78, 5) is 16.3. The number of aromatic nitrogens is 1. The van der Waals surface area contributed by atoms with Crippen molar-refractivity contribution in [2.45, 2.75) is 49.7 Å². The molecule has 0 aromatic carbocycles. The number of carbonyl (C=O) groups is 1. The van der Waals surface area contributed by atoms with Crippen molar-refractivity contribution in [1.29, 1.82) is 0 Å². The molecule has 5 rings (SSSR count). The number of sulfone groups is 1. The van der Waals surface area contributed by atoms with Gasteiger partial charge < -0.3 is 5.32 Å². The van der Waals surface area contributed by atoms with Crippen LogP contribution < -0.4 is 5.32 Å². The SMILES string of the molecule is O=C(NCCS(=O)(=O)c1ccc(C(F)(F)F)cn1)C12CC3CC(CC(C3)C1)C2. The minimum atomic E-state index is -4.57. The number of carbonyl (C=O) groups excluding carboxylic acids is 1. The maximum absolute atomic E-state index is 12.8. The summed E-state index contributed by atoms with van der Waals surface area (Å²) < 4.78 is 62.4. The van der Waals surface area contributed by atoms with Gasteiger partial charge in [-0.1, -0.05) is 0 Å². The Morgan fingerprint density at radius 2 is 1.68 bits per heavy atom. The molecule has 9 heteroatoms. The van der Waals surface area contributed by atoms with E-state index in [4.69, 9.17) is 0 Å². The maximum atomic E-state index is 12.8. The van der Waals surface area contributed by atoms with E-state index in [0.717, 1.165) is 25.3 Å². The summed E-state index contributed by atoms with van der Waals surface area (Å²) in [5.74, 6) is 1.37. The van der Waals surface area contributed by atoms with E-state index in [0.29, 0.717) is 30.0 Å². The first-order valence-electron chi connectivity index (χ1n) is 9.62. The van der Waals surface area contributed by atoms with Crippen LogP contribution in [0.15, 0.2) is 23.4 Å². The first-order valence-corrected chi connectivity index (χ1v) is 11.3. The van der Waals surface area contributed by atoms with Gasteiger partial charge in [0.25, 0.3) is 0 Å². The number of hydrogen-bond donors (Lipinski definition) is 1. The van der Waals surface area contributed by atoms with E-state index in [1.807, 2.05) is 0 Å². The fraction of sp³-hybridized carbons (Fsp3) is 0.684. The molecule has 1 aromatic rings. The number of hydrogen-bond acceptors (Lipinski definition) is 4. The molecule has 0 saturated heterocycles. The Kier molecular flexibility index (Phi) is 4.71. The Labute approximate surface area is 162 Å². The number of pyridine rings is 1. The van der Waals surface area contributed by atoms with E-state index in [1.54, 1.807) is 0 Å². The summed E-state index contributed by atoms with van der Waals surface area (Å²) in [6, 6.07) is 1.56. The van der Waals surface area contributed by atoms with Crippen molar-refractivity contribution in [3.05, 3.63) is 23.9 Å². The van der Waals surface area contributed by atoms with E-state index in [9.17, 15) is 26.4 Å². The molecule has 1 N–H and O–H groups in total. The lowest BCUT2D eigenvalue weighted by molar-refractivity contribution is -0.146. The third-order valence-electron chi connectivity index (χ3n) is 6.56. The van der Waals surface area contributed by atoms with Gasteiger partial charge in [-0.2, -0.15) is 13.2 Å². The molecule has 0 aliphatic heterocycles. The van der Waals surface area contributed by atoms with Crippen LogP contribution in [-0.2, 0) is 20.8 Å². The maximum Gasteiger partial charge on any atom is 0.417 e. The van der Waals surface area contributed by atoms with Crippen molar-refractivity contribution in [3.63, 3.8) is 0 Å². The van der Waals surface area contributed by atoms with Crippen LogP contribution in [0.2, 0.25) is 0 Å². The average molecular weight is 416 g/mol. The Morgan fingerprint density at radius 3 is 2.14 bits per heavy atom. The van der Waals surface area contributed by atoms with Crippen LogP contribution >= 0.6 is 0 Å². The smallest absolute Gasteiger partial charge is 0.355 e. The van der Waals surface area contributed by atoms with E-state index >= 15 is 0 Å². The molecule has 5 nitrogen and oxygen atoms in total. The van der Waals surface area contributed by atoms with Crippen LogP contribution in [0.1, 0.15) is 44.1 Å². The molecular weight excluding hydrogens is 393 g/mol. The highest BCUT2D eigenvalue weighted by Gasteiger charge is 2.54. The molecule has 1 amide bonds. The molecule has 4 fully saturated rings. The number of amides is 1. The van der Waals surface area contributed by atoms with Crippen LogP contribution in [0.4, 0.5) is 13.2 Å². The lowest BCUT2D eigenvalue weighted by Gasteiger charge is -2.55. The topological polar surface area (TPSA) is 76.1 Å². The molecule has 0 radical (unpaired) electrons. The highest BCUT2D eigenvalue weighted by atomic mass is 32.2. The van der Waals surface area contributed by atoms with E-state index in [-0.39, 0.29) is 23.6 Å². The number of nitrogens with zero attached hydrogens (tertiary/aromatic N) is 1. The van der Waals surface area contributed by atoms with Crippen LogP contribution in [0.25, 0.3) is 0 Å². The van der Waals surface area contributed by atoms with Crippen molar-refractivity contribution in [1.82, 2.24) is 10.3 Å². The Hall–Kier alpha value is -1.64. The lowest BCUT2D eigenvalue weighted by atomic mass is 9.49. The molecule has 4 aliphatic carbocycles. The number of rotatable bonds is 5. The summed E-state index contributed by atoms with van der Waals surface area (Å²) in [5, 5.41) is 2.36. The molecule has 1 heterocycles. The largest absolute Gasteiger partial charge is 0.417 e. The van der Waals surface area contributed by atoms with Crippen LogP contribution in [-0.4, -0.2) is 31.6 Å². The van der Waals surface area contributed by atoms with Gasteiger partial charge in [0.15, 0.2) is 14.9 Å². The van der Waals surface area contributed by atoms with E-state index in [1.165, 1.54) is 19.3 Å². The Bertz CT molecular complexity index is 830. The normalized spacial score (nSPS) is 31.8. The molecule has 0 atom stereocenters. The van der Waals surface area contributed by atoms with Crippen molar-refractivity contribution < 1.29 is 26.4 Å². The zero-order valence-corrected chi connectivity index (χ0v) is 16.2. The molecule has 154 valence electrons. The predicted molar refractivity (Wildman–Crippen MR) is 94.9 cm³/mol. The average Bonchev–Trinajstić information content (AvgIpc) is 2.59. The monoisotopic (exact) mass is 416 g/mol. The van der Waals surface area contributed by atoms with Gasteiger partial charge in [-0.25, -0.2) is 13.4 Å². The van der Waals surface area contributed by atoms with Crippen LogP contribution in [0.3, 0.4) is 0 Å². The second-order valence-corrected chi connectivity index (χ2v) is 10.7. The summed E-state index contributed by atoms with van der Waals surface area (Å²) in [7, 11) is -3.87. The van der Waals surface area contributed by atoms with Gasteiger partial charge >= 0.3 is 6.18 Å². The van der Waals surface area contributed by atoms with Gasteiger partial charge in [0.2, 0.25) is 5.91 Å².